The Morgan fingerprint density at radius 3 is 2.17 bits per heavy atom. The zero-order valence-corrected chi connectivity index (χ0v) is 11.5. The van der Waals surface area contributed by atoms with Gasteiger partial charge in [0, 0.05) is 16.7 Å². The van der Waals surface area contributed by atoms with Crippen LogP contribution in [0.25, 0.3) is 0 Å². The molecule has 0 aliphatic heterocycles. The predicted molar refractivity (Wildman–Crippen MR) is 80.2 cm³/mol. The molecule has 18 heavy (non-hydrogen) atoms. The lowest BCUT2D eigenvalue weighted by Crippen LogP contribution is -2.29. The van der Waals surface area contributed by atoms with Crippen LogP contribution in [-0.2, 0) is 6.42 Å². The van der Waals surface area contributed by atoms with Gasteiger partial charge in [0.25, 0.3) is 0 Å². The maximum absolute atomic E-state index is 3.40. The second-order valence-corrected chi connectivity index (χ2v) is 5.39. The van der Waals surface area contributed by atoms with E-state index in [1.165, 1.54) is 10.5 Å². The molecule has 0 bridgehead atoms. The van der Waals surface area contributed by atoms with Crippen molar-refractivity contribution in [3.05, 3.63) is 66.2 Å². The van der Waals surface area contributed by atoms with Crippen molar-refractivity contribution in [2.45, 2.75) is 17.4 Å². The van der Waals surface area contributed by atoms with Gasteiger partial charge in [0.15, 0.2) is 0 Å². The highest BCUT2D eigenvalue weighted by atomic mass is 32.2. The average molecular weight is 257 g/mol. The molecule has 0 aliphatic rings. The lowest BCUT2D eigenvalue weighted by atomic mass is 10.1. The summed E-state index contributed by atoms with van der Waals surface area (Å²) in [5.74, 6) is 1.09. The second kappa shape index (κ2) is 7.24. The molecule has 1 unspecified atom stereocenters. The van der Waals surface area contributed by atoms with Crippen molar-refractivity contribution in [3.63, 3.8) is 0 Å². The van der Waals surface area contributed by atoms with Crippen LogP contribution in [0.15, 0.2) is 65.6 Å². The van der Waals surface area contributed by atoms with Crippen LogP contribution in [0.2, 0.25) is 0 Å². The van der Waals surface area contributed by atoms with E-state index in [1.807, 2.05) is 18.8 Å². The molecule has 0 radical (unpaired) electrons. The Balaban J connectivity index is 1.86. The number of likely N-dealkylation sites (N-methyl/N-ethyl adjacent to an activating group) is 1. The van der Waals surface area contributed by atoms with Gasteiger partial charge in [0.1, 0.15) is 0 Å². The first-order valence-electron chi connectivity index (χ1n) is 6.27. The molecule has 1 N–H and O–H groups in total. The van der Waals surface area contributed by atoms with Crippen molar-refractivity contribution in [2.24, 2.45) is 0 Å². The molecular formula is C16H19NS. The zero-order chi connectivity index (χ0) is 12.6. The quantitative estimate of drug-likeness (QED) is 0.793. The minimum absolute atomic E-state index is 0.512. The summed E-state index contributed by atoms with van der Waals surface area (Å²) >= 11 is 1.91. The molecule has 2 heteroatoms. The molecule has 0 fully saturated rings. The number of rotatable bonds is 6. The highest BCUT2D eigenvalue weighted by Gasteiger charge is 2.07. The van der Waals surface area contributed by atoms with Crippen molar-refractivity contribution < 1.29 is 0 Å². The molecule has 2 rings (SSSR count). The fourth-order valence-corrected chi connectivity index (χ4v) is 2.88. The van der Waals surface area contributed by atoms with Crippen LogP contribution in [0.5, 0.6) is 0 Å². The highest BCUT2D eigenvalue weighted by Crippen LogP contribution is 2.19. The van der Waals surface area contributed by atoms with Crippen molar-refractivity contribution in [2.75, 3.05) is 12.8 Å². The molecule has 0 saturated carbocycles. The fraction of sp³-hybridized carbons (Fsp3) is 0.250. The number of nitrogens with one attached hydrogen (secondary N) is 1. The van der Waals surface area contributed by atoms with E-state index in [0.29, 0.717) is 6.04 Å². The predicted octanol–water partition coefficient (Wildman–Crippen LogP) is 3.61. The first-order valence-corrected chi connectivity index (χ1v) is 7.26. The van der Waals surface area contributed by atoms with Gasteiger partial charge in [-0.1, -0.05) is 48.5 Å². The van der Waals surface area contributed by atoms with Crippen LogP contribution >= 0.6 is 11.8 Å². The van der Waals surface area contributed by atoms with Gasteiger partial charge < -0.3 is 5.32 Å². The van der Waals surface area contributed by atoms with Crippen LogP contribution in [0, 0.1) is 0 Å². The molecule has 0 saturated heterocycles. The Hall–Kier alpha value is -1.25. The van der Waals surface area contributed by atoms with Crippen LogP contribution in [0.1, 0.15) is 5.56 Å². The van der Waals surface area contributed by atoms with Crippen LogP contribution in [-0.4, -0.2) is 18.8 Å². The Morgan fingerprint density at radius 1 is 0.944 bits per heavy atom. The summed E-state index contributed by atoms with van der Waals surface area (Å²) in [5.41, 5.74) is 1.39. The third-order valence-corrected chi connectivity index (χ3v) is 4.10. The van der Waals surface area contributed by atoms with Gasteiger partial charge in [-0.05, 0) is 31.2 Å². The van der Waals surface area contributed by atoms with Crippen LogP contribution in [0.3, 0.4) is 0 Å². The minimum atomic E-state index is 0.512. The molecule has 94 valence electrons. The van der Waals surface area contributed by atoms with Gasteiger partial charge in [-0.15, -0.1) is 11.8 Å². The summed E-state index contributed by atoms with van der Waals surface area (Å²) in [4.78, 5) is 1.34. The minimum Gasteiger partial charge on any atom is -0.316 e. The van der Waals surface area contributed by atoms with E-state index in [1.54, 1.807) is 0 Å². The molecule has 2 aromatic rings. The highest BCUT2D eigenvalue weighted by molar-refractivity contribution is 7.99. The molecule has 0 amide bonds. The van der Waals surface area contributed by atoms with E-state index >= 15 is 0 Å². The van der Waals surface area contributed by atoms with E-state index in [2.05, 4.69) is 66.0 Å². The summed E-state index contributed by atoms with van der Waals surface area (Å²) in [5, 5.41) is 3.40. The number of thioether (sulfide) groups is 1. The standard InChI is InChI=1S/C16H19NS/c1-17-15(12-14-8-4-2-5-9-14)13-18-16-10-6-3-7-11-16/h2-11,15,17H,12-13H2,1H3. The summed E-state index contributed by atoms with van der Waals surface area (Å²) in [6.45, 7) is 0. The van der Waals surface area contributed by atoms with Gasteiger partial charge >= 0.3 is 0 Å². The molecular weight excluding hydrogens is 238 g/mol. The summed E-state index contributed by atoms with van der Waals surface area (Å²) < 4.78 is 0. The smallest absolute Gasteiger partial charge is 0.0199 e. The van der Waals surface area contributed by atoms with E-state index < -0.39 is 0 Å². The second-order valence-electron chi connectivity index (χ2n) is 4.30. The monoisotopic (exact) mass is 257 g/mol. The lowest BCUT2D eigenvalue weighted by Gasteiger charge is -2.15. The van der Waals surface area contributed by atoms with Crippen LogP contribution in [0.4, 0.5) is 0 Å². The van der Waals surface area contributed by atoms with E-state index in [-0.39, 0.29) is 0 Å². The maximum atomic E-state index is 3.40. The molecule has 2 aromatic carbocycles. The molecule has 0 spiro atoms. The number of hydrogen-bond acceptors (Lipinski definition) is 2. The molecule has 1 atom stereocenters. The number of benzene rings is 2. The average Bonchev–Trinajstić information content (AvgIpc) is 2.45. The summed E-state index contributed by atoms with van der Waals surface area (Å²) in [6, 6.07) is 21.7. The Morgan fingerprint density at radius 2 is 1.56 bits per heavy atom. The largest absolute Gasteiger partial charge is 0.316 e. The van der Waals surface area contributed by atoms with E-state index in [4.69, 9.17) is 0 Å². The lowest BCUT2D eigenvalue weighted by molar-refractivity contribution is 0.617. The fourth-order valence-electron chi connectivity index (χ4n) is 1.86. The van der Waals surface area contributed by atoms with Gasteiger partial charge in [-0.25, -0.2) is 0 Å². The van der Waals surface area contributed by atoms with Crippen LogP contribution < -0.4 is 5.32 Å². The van der Waals surface area contributed by atoms with Crippen molar-refractivity contribution in [3.8, 4) is 0 Å². The molecule has 1 nitrogen and oxygen atoms in total. The third kappa shape index (κ3) is 4.21. The van der Waals surface area contributed by atoms with E-state index in [0.717, 1.165) is 12.2 Å². The van der Waals surface area contributed by atoms with Gasteiger partial charge in [-0.3, -0.25) is 0 Å². The van der Waals surface area contributed by atoms with Crippen molar-refractivity contribution >= 4 is 11.8 Å². The Kier molecular flexibility index (Phi) is 5.31. The van der Waals surface area contributed by atoms with Gasteiger partial charge in [0.2, 0.25) is 0 Å². The maximum Gasteiger partial charge on any atom is 0.0199 e. The molecule has 0 heterocycles. The topological polar surface area (TPSA) is 12.0 Å². The molecule has 0 aromatic heterocycles. The zero-order valence-electron chi connectivity index (χ0n) is 10.7. The van der Waals surface area contributed by atoms with Gasteiger partial charge in [0.05, 0.1) is 0 Å². The summed E-state index contributed by atoms with van der Waals surface area (Å²) in [6.07, 6.45) is 1.08. The number of hydrogen-bond donors (Lipinski definition) is 1. The molecule has 0 aliphatic carbocycles. The van der Waals surface area contributed by atoms with Crippen molar-refractivity contribution in [1.29, 1.82) is 0 Å². The normalized spacial score (nSPS) is 12.3. The third-order valence-electron chi connectivity index (χ3n) is 2.93. The van der Waals surface area contributed by atoms with Gasteiger partial charge in [-0.2, -0.15) is 0 Å². The Labute approximate surface area is 114 Å². The Bertz CT molecular complexity index is 441. The van der Waals surface area contributed by atoms with E-state index in [9.17, 15) is 0 Å². The SMILES string of the molecule is CNC(CSc1ccccc1)Cc1ccccc1. The van der Waals surface area contributed by atoms with Crippen molar-refractivity contribution in [1.82, 2.24) is 5.32 Å². The summed E-state index contributed by atoms with van der Waals surface area (Å²) in [7, 11) is 2.04. The first-order chi connectivity index (χ1) is 8.88. The first kappa shape index (κ1) is 13.2.